The van der Waals surface area contributed by atoms with Gasteiger partial charge in [-0.15, -0.1) is 0 Å². The van der Waals surface area contributed by atoms with Crippen molar-refractivity contribution < 1.29 is 14.4 Å². The SMILES string of the molecule is CCN(CC)Cc1ccc(C(=O)NO[C@H]2CCCCO2)cc1. The number of hydrogen-bond donors (Lipinski definition) is 1. The highest BCUT2D eigenvalue weighted by Gasteiger charge is 2.16. The average molecular weight is 306 g/mol. The van der Waals surface area contributed by atoms with E-state index in [0.29, 0.717) is 12.2 Å². The molecule has 2 rings (SSSR count). The van der Waals surface area contributed by atoms with Crippen molar-refractivity contribution in [1.29, 1.82) is 0 Å². The maximum absolute atomic E-state index is 12.0. The van der Waals surface area contributed by atoms with Crippen molar-refractivity contribution in [3.8, 4) is 0 Å². The van der Waals surface area contributed by atoms with E-state index < -0.39 is 0 Å². The average Bonchev–Trinajstić information content (AvgIpc) is 2.59. The molecule has 22 heavy (non-hydrogen) atoms. The number of nitrogens with one attached hydrogen (secondary N) is 1. The fourth-order valence-electron chi connectivity index (χ4n) is 2.45. The lowest BCUT2D eigenvalue weighted by Gasteiger charge is -2.22. The van der Waals surface area contributed by atoms with E-state index in [0.717, 1.165) is 38.9 Å². The van der Waals surface area contributed by atoms with E-state index in [2.05, 4.69) is 24.2 Å². The Kier molecular flexibility index (Phi) is 6.83. The number of amides is 1. The number of hydrogen-bond acceptors (Lipinski definition) is 4. The fourth-order valence-corrected chi connectivity index (χ4v) is 2.45. The first-order valence-corrected chi connectivity index (χ1v) is 8.11. The Morgan fingerprint density at radius 2 is 2.00 bits per heavy atom. The molecule has 1 aromatic rings. The van der Waals surface area contributed by atoms with Crippen molar-refractivity contribution in [2.75, 3.05) is 19.7 Å². The van der Waals surface area contributed by atoms with Crippen LogP contribution < -0.4 is 5.48 Å². The summed E-state index contributed by atoms with van der Waals surface area (Å²) in [5.41, 5.74) is 4.28. The quantitative estimate of drug-likeness (QED) is 0.787. The summed E-state index contributed by atoms with van der Waals surface area (Å²) < 4.78 is 5.41. The van der Waals surface area contributed by atoms with E-state index in [1.807, 2.05) is 24.3 Å². The fraction of sp³-hybridized carbons (Fsp3) is 0.588. The molecule has 0 bridgehead atoms. The summed E-state index contributed by atoms with van der Waals surface area (Å²) in [6.07, 6.45) is 2.63. The minimum Gasteiger partial charge on any atom is -0.350 e. The Balaban J connectivity index is 1.82. The van der Waals surface area contributed by atoms with Crippen molar-refractivity contribution in [2.24, 2.45) is 0 Å². The highest BCUT2D eigenvalue weighted by atomic mass is 16.8. The van der Waals surface area contributed by atoms with Crippen LogP contribution in [0.3, 0.4) is 0 Å². The largest absolute Gasteiger partial charge is 0.350 e. The molecule has 1 N–H and O–H groups in total. The molecule has 0 saturated carbocycles. The summed E-state index contributed by atoms with van der Waals surface area (Å²) in [7, 11) is 0. The molecule has 5 heteroatoms. The van der Waals surface area contributed by atoms with E-state index in [1.165, 1.54) is 5.56 Å². The van der Waals surface area contributed by atoms with Crippen LogP contribution in [0.15, 0.2) is 24.3 Å². The highest BCUT2D eigenvalue weighted by Crippen LogP contribution is 2.13. The maximum Gasteiger partial charge on any atom is 0.274 e. The van der Waals surface area contributed by atoms with Crippen LogP contribution in [0.1, 0.15) is 49.0 Å². The maximum atomic E-state index is 12.0. The van der Waals surface area contributed by atoms with Gasteiger partial charge in [0.05, 0.1) is 0 Å². The number of ether oxygens (including phenoxy) is 1. The molecule has 0 aromatic heterocycles. The van der Waals surface area contributed by atoms with Crippen LogP contribution in [0, 0.1) is 0 Å². The van der Waals surface area contributed by atoms with Crippen molar-refractivity contribution >= 4 is 5.91 Å². The standard InChI is InChI=1S/C17H26N2O3/c1-3-19(4-2)13-14-8-10-15(11-9-14)17(20)18-22-16-7-5-6-12-21-16/h8-11,16H,3-7,12-13H2,1-2H3,(H,18,20)/t16-/m0/s1. The van der Waals surface area contributed by atoms with Gasteiger partial charge in [-0.05, 0) is 43.6 Å². The number of rotatable bonds is 7. The first kappa shape index (κ1) is 16.9. The van der Waals surface area contributed by atoms with Crippen LogP contribution >= 0.6 is 0 Å². The van der Waals surface area contributed by atoms with Gasteiger partial charge in [0, 0.05) is 25.1 Å². The summed E-state index contributed by atoms with van der Waals surface area (Å²) in [5, 5.41) is 0. The predicted molar refractivity (Wildman–Crippen MR) is 85.2 cm³/mol. The van der Waals surface area contributed by atoms with Gasteiger partial charge in [-0.3, -0.25) is 9.69 Å². The zero-order valence-corrected chi connectivity index (χ0v) is 13.5. The Morgan fingerprint density at radius 3 is 2.59 bits per heavy atom. The lowest BCUT2D eigenvalue weighted by atomic mass is 10.1. The number of carbonyl (C=O) groups excluding carboxylic acids is 1. The second-order valence-electron chi connectivity index (χ2n) is 5.50. The molecule has 1 aromatic carbocycles. The molecule has 1 amide bonds. The third-order valence-corrected chi connectivity index (χ3v) is 3.94. The van der Waals surface area contributed by atoms with E-state index in [1.54, 1.807) is 0 Å². The molecular formula is C17H26N2O3. The van der Waals surface area contributed by atoms with Gasteiger partial charge in [0.2, 0.25) is 0 Å². The summed E-state index contributed by atoms with van der Waals surface area (Å²) in [6, 6.07) is 7.65. The summed E-state index contributed by atoms with van der Waals surface area (Å²) in [6.45, 7) is 7.94. The molecule has 1 aliphatic heterocycles. The van der Waals surface area contributed by atoms with Gasteiger partial charge >= 0.3 is 0 Å². The third-order valence-electron chi connectivity index (χ3n) is 3.94. The van der Waals surface area contributed by atoms with Gasteiger partial charge in [-0.2, -0.15) is 0 Å². The van der Waals surface area contributed by atoms with Crippen LogP contribution in [-0.4, -0.2) is 36.8 Å². The summed E-state index contributed by atoms with van der Waals surface area (Å²) in [4.78, 5) is 19.7. The lowest BCUT2D eigenvalue weighted by Crippen LogP contribution is -2.33. The molecule has 0 aliphatic carbocycles. The first-order chi connectivity index (χ1) is 10.7. The monoisotopic (exact) mass is 306 g/mol. The zero-order valence-electron chi connectivity index (χ0n) is 13.5. The minimum absolute atomic E-state index is 0.233. The van der Waals surface area contributed by atoms with E-state index >= 15 is 0 Å². The van der Waals surface area contributed by atoms with Gasteiger partial charge in [-0.25, -0.2) is 10.3 Å². The van der Waals surface area contributed by atoms with Crippen LogP contribution in [0.4, 0.5) is 0 Å². The summed E-state index contributed by atoms with van der Waals surface area (Å²) >= 11 is 0. The van der Waals surface area contributed by atoms with Crippen molar-refractivity contribution in [2.45, 2.75) is 45.9 Å². The van der Waals surface area contributed by atoms with Crippen molar-refractivity contribution in [1.82, 2.24) is 10.4 Å². The van der Waals surface area contributed by atoms with Gasteiger partial charge in [0.1, 0.15) is 0 Å². The smallest absolute Gasteiger partial charge is 0.274 e. The molecule has 122 valence electrons. The minimum atomic E-state index is -0.320. The molecule has 1 atom stereocenters. The first-order valence-electron chi connectivity index (χ1n) is 8.11. The van der Waals surface area contributed by atoms with Crippen molar-refractivity contribution in [3.63, 3.8) is 0 Å². The number of hydroxylamine groups is 1. The predicted octanol–water partition coefficient (Wildman–Crippen LogP) is 2.72. The molecule has 5 nitrogen and oxygen atoms in total. The molecular weight excluding hydrogens is 280 g/mol. The van der Waals surface area contributed by atoms with E-state index in [9.17, 15) is 4.79 Å². The van der Waals surface area contributed by atoms with Gasteiger partial charge < -0.3 is 4.74 Å². The van der Waals surface area contributed by atoms with Crippen LogP contribution in [0.2, 0.25) is 0 Å². The second kappa shape index (κ2) is 8.88. The lowest BCUT2D eigenvalue weighted by molar-refractivity contribution is -0.186. The number of carbonyl (C=O) groups is 1. The molecule has 0 unspecified atom stereocenters. The third kappa shape index (κ3) is 5.09. The number of benzene rings is 1. The summed E-state index contributed by atoms with van der Waals surface area (Å²) in [5.74, 6) is -0.233. The molecule has 1 aliphatic rings. The molecule has 1 heterocycles. The second-order valence-corrected chi connectivity index (χ2v) is 5.50. The molecule has 0 spiro atoms. The molecule has 1 saturated heterocycles. The van der Waals surface area contributed by atoms with Crippen LogP contribution in [-0.2, 0) is 16.1 Å². The van der Waals surface area contributed by atoms with Gasteiger partial charge in [0.25, 0.3) is 5.91 Å². The Labute approximate surface area is 132 Å². The van der Waals surface area contributed by atoms with E-state index in [-0.39, 0.29) is 12.2 Å². The highest BCUT2D eigenvalue weighted by molar-refractivity contribution is 5.93. The van der Waals surface area contributed by atoms with E-state index in [4.69, 9.17) is 9.57 Å². The van der Waals surface area contributed by atoms with Crippen molar-refractivity contribution in [3.05, 3.63) is 35.4 Å². The van der Waals surface area contributed by atoms with Crippen LogP contribution in [0.25, 0.3) is 0 Å². The molecule has 1 fully saturated rings. The normalized spacial score (nSPS) is 18.4. The molecule has 0 radical (unpaired) electrons. The van der Waals surface area contributed by atoms with Crippen LogP contribution in [0.5, 0.6) is 0 Å². The Morgan fingerprint density at radius 1 is 1.27 bits per heavy atom. The van der Waals surface area contributed by atoms with Gasteiger partial charge in [-0.1, -0.05) is 26.0 Å². The number of nitrogens with zero attached hydrogens (tertiary/aromatic N) is 1. The topological polar surface area (TPSA) is 50.8 Å². The Bertz CT molecular complexity index is 451. The zero-order chi connectivity index (χ0) is 15.8. The Hall–Kier alpha value is -1.43. The van der Waals surface area contributed by atoms with Gasteiger partial charge in [0.15, 0.2) is 6.29 Å².